The van der Waals surface area contributed by atoms with Crippen LogP contribution < -0.4 is 10.7 Å². The molecule has 6 rings (SSSR count). The molecule has 1 amide bonds. The van der Waals surface area contributed by atoms with E-state index in [0.717, 1.165) is 42.3 Å². The third-order valence-corrected chi connectivity index (χ3v) is 14.3. The van der Waals surface area contributed by atoms with Gasteiger partial charge in [0.25, 0.3) is 0 Å². The van der Waals surface area contributed by atoms with Crippen molar-refractivity contribution in [3.8, 4) is 0 Å². The molecule has 0 bridgehead atoms. The van der Waals surface area contributed by atoms with Crippen molar-refractivity contribution in [2.75, 3.05) is 40.8 Å². The molecule has 4 aliphatic rings. The van der Waals surface area contributed by atoms with Gasteiger partial charge in [0.05, 0.1) is 29.0 Å². The first kappa shape index (κ1) is 49.7. The first-order valence-electron chi connectivity index (χ1n) is 23.4. The molecule has 5 heterocycles. The number of hydrogen-bond donors (Lipinski definition) is 3. The van der Waals surface area contributed by atoms with Crippen molar-refractivity contribution in [1.82, 2.24) is 25.6 Å². The van der Waals surface area contributed by atoms with E-state index in [2.05, 4.69) is 21.8 Å². The molecule has 4 fully saturated rings. The summed E-state index contributed by atoms with van der Waals surface area (Å²) < 4.78 is 32.1. The standard InChI is InChI=1S/C48H74N6O10/c1-12-38-48(8)42(54(46(58)63-48)51-23-15-17-33-21-24-50-36-20-14-13-19-35(33)36)30(4)39(52-64-34-18-16-22-49-27-34)28(2)26-47(7,59-11)43(31(5)40(55)32(6)44(57)61-38)62-45-41(56)37(53(9)10)25-29(3)60-45/h13-14,19-21,24,28-32,34,37-38,41-43,45,49,51,56H,12,15-18,22-23,25-27H2,1-11H3/b52-39+/t28-,29-,30+,31+,32-,34?,37+,38-,41-,42-,43-,45+,47-,48-/m1/s1. The van der Waals surface area contributed by atoms with Gasteiger partial charge >= 0.3 is 12.1 Å². The van der Waals surface area contributed by atoms with Crippen molar-refractivity contribution in [3.05, 3.63) is 42.1 Å². The number of aryl methyl sites for hydroxylation is 1. The van der Waals surface area contributed by atoms with Crippen LogP contribution in [0.3, 0.4) is 0 Å². The van der Waals surface area contributed by atoms with E-state index in [-0.39, 0.29) is 30.6 Å². The molecule has 3 N–H and O–H groups in total. The fourth-order valence-corrected chi connectivity index (χ4v) is 10.6. The van der Waals surface area contributed by atoms with Crippen molar-refractivity contribution in [1.29, 1.82) is 0 Å². The largest absolute Gasteiger partial charge is 0.458 e. The number of methoxy groups -OCH3 is 1. The van der Waals surface area contributed by atoms with E-state index in [1.807, 2.05) is 84.1 Å². The van der Waals surface area contributed by atoms with Crippen LogP contribution in [0.25, 0.3) is 10.9 Å². The van der Waals surface area contributed by atoms with Crippen molar-refractivity contribution in [2.45, 2.75) is 160 Å². The molecular weight excluding hydrogens is 821 g/mol. The summed E-state index contributed by atoms with van der Waals surface area (Å²) in [5, 5.41) is 22.6. The summed E-state index contributed by atoms with van der Waals surface area (Å²) in [6.45, 7) is 16.7. The average molecular weight is 895 g/mol. The van der Waals surface area contributed by atoms with E-state index in [1.165, 1.54) is 11.9 Å². The van der Waals surface area contributed by atoms with E-state index in [1.54, 1.807) is 21.0 Å². The third-order valence-electron chi connectivity index (χ3n) is 14.3. The number of ether oxygens (including phenoxy) is 5. The number of likely N-dealkylation sites (N-methyl/N-ethyl adjacent to an activating group) is 1. The molecule has 64 heavy (non-hydrogen) atoms. The monoisotopic (exact) mass is 895 g/mol. The smallest absolute Gasteiger partial charge is 0.425 e. The van der Waals surface area contributed by atoms with Gasteiger partial charge in [-0.1, -0.05) is 51.0 Å². The van der Waals surface area contributed by atoms with E-state index in [4.69, 9.17) is 33.7 Å². The van der Waals surface area contributed by atoms with Crippen molar-refractivity contribution < 1.29 is 48.0 Å². The Hall–Kier alpha value is -3.77. The summed E-state index contributed by atoms with van der Waals surface area (Å²) in [5.41, 5.74) is 3.54. The van der Waals surface area contributed by atoms with Crippen LogP contribution in [0.15, 0.2) is 41.7 Å². The van der Waals surface area contributed by atoms with Crippen molar-refractivity contribution in [3.63, 3.8) is 0 Å². The van der Waals surface area contributed by atoms with Gasteiger partial charge in [0.1, 0.15) is 30.3 Å². The van der Waals surface area contributed by atoms with Gasteiger partial charge in [-0.25, -0.2) is 15.2 Å². The summed E-state index contributed by atoms with van der Waals surface area (Å²) in [7, 11) is 5.37. The maximum absolute atomic E-state index is 14.6. The highest BCUT2D eigenvalue weighted by molar-refractivity contribution is 6.00. The molecule has 4 aliphatic heterocycles. The van der Waals surface area contributed by atoms with E-state index < -0.39 is 77.4 Å². The molecule has 2 aromatic rings. The van der Waals surface area contributed by atoms with Crippen LogP contribution in [0, 0.1) is 23.7 Å². The Balaban J connectivity index is 1.39. The fraction of sp³-hybridized carbons (Fsp3) is 0.729. The number of ketones is 1. The number of piperidine rings is 1. The maximum Gasteiger partial charge on any atom is 0.425 e. The minimum Gasteiger partial charge on any atom is -0.458 e. The van der Waals surface area contributed by atoms with Crippen LogP contribution in [0.4, 0.5) is 4.79 Å². The van der Waals surface area contributed by atoms with Crippen LogP contribution in [-0.4, -0.2) is 144 Å². The fourth-order valence-electron chi connectivity index (χ4n) is 10.6. The summed E-state index contributed by atoms with van der Waals surface area (Å²) in [6.07, 6.45) is 1.04. The number of carbonyl (C=O) groups is 3. The minimum atomic E-state index is -1.38. The first-order chi connectivity index (χ1) is 30.4. The average Bonchev–Trinajstić information content (AvgIpc) is 3.54. The molecule has 1 aromatic carbocycles. The maximum atomic E-state index is 14.6. The number of benzene rings is 1. The highest BCUT2D eigenvalue weighted by Gasteiger charge is 2.60. The normalized spacial score (nSPS) is 37.6. The minimum absolute atomic E-state index is 0.176. The second-order valence-electron chi connectivity index (χ2n) is 19.2. The Kier molecular flexibility index (Phi) is 16.5. The van der Waals surface area contributed by atoms with Gasteiger partial charge in [-0.3, -0.25) is 14.6 Å². The summed E-state index contributed by atoms with van der Waals surface area (Å²) in [5.74, 6) is -4.23. The SMILES string of the molecule is CC[C@H]1OC(=O)[C@H](C)C(=O)[C@H](C)[C@@H](O[C@@H]2O[C@H](C)C[C@H](N(C)C)[C@H]2O)[C@](C)(OC)C[C@@H](C)/C(=N\OC2CCCNC2)[C@H](C)[C@H]2N(NCCCc3ccnc4ccccc34)C(=O)O[C@]12C. The molecule has 0 aliphatic carbocycles. The molecule has 14 atom stereocenters. The second kappa shape index (κ2) is 21.2. The summed E-state index contributed by atoms with van der Waals surface area (Å²) in [6, 6.07) is 9.04. The Bertz CT molecular complexity index is 1940. The highest BCUT2D eigenvalue weighted by Crippen LogP contribution is 2.43. The third kappa shape index (κ3) is 10.6. The lowest BCUT2D eigenvalue weighted by atomic mass is 9.73. The van der Waals surface area contributed by atoms with E-state index in [9.17, 15) is 19.5 Å². The number of para-hydroxylation sites is 1. The lowest BCUT2D eigenvalue weighted by molar-refractivity contribution is -0.295. The van der Waals surface area contributed by atoms with E-state index >= 15 is 0 Å². The van der Waals surface area contributed by atoms with Crippen LogP contribution in [0.5, 0.6) is 0 Å². The Morgan fingerprint density at radius 2 is 1.83 bits per heavy atom. The molecular formula is C48H74N6O10. The Morgan fingerprint density at radius 1 is 1.08 bits per heavy atom. The predicted molar refractivity (Wildman–Crippen MR) is 242 cm³/mol. The van der Waals surface area contributed by atoms with Crippen molar-refractivity contribution in [2.24, 2.45) is 28.8 Å². The molecule has 1 unspecified atom stereocenters. The van der Waals surface area contributed by atoms with Crippen LogP contribution >= 0.6 is 0 Å². The van der Waals surface area contributed by atoms with Gasteiger partial charge in [0.2, 0.25) is 0 Å². The number of pyridine rings is 1. The number of fused-ring (bicyclic) bond motifs is 2. The number of hydrogen-bond acceptors (Lipinski definition) is 15. The Labute approximate surface area is 379 Å². The number of cyclic esters (lactones) is 1. The van der Waals surface area contributed by atoms with Gasteiger partial charge in [0, 0.05) is 55.6 Å². The van der Waals surface area contributed by atoms with E-state index in [0.29, 0.717) is 38.1 Å². The lowest BCUT2D eigenvalue weighted by Gasteiger charge is -2.47. The lowest BCUT2D eigenvalue weighted by Crippen LogP contribution is -2.61. The predicted octanol–water partition coefficient (Wildman–Crippen LogP) is 5.43. The molecule has 16 nitrogen and oxygen atoms in total. The zero-order chi connectivity index (χ0) is 46.5. The number of aromatic nitrogens is 1. The molecule has 0 saturated carbocycles. The number of Topliss-reactive ketones (excluding diaryl/α,β-unsaturated/α-hetero) is 1. The van der Waals surface area contributed by atoms with Gasteiger partial charge in [-0.15, -0.1) is 0 Å². The quantitative estimate of drug-likeness (QED) is 0.106. The zero-order valence-corrected chi connectivity index (χ0v) is 39.9. The molecule has 356 valence electrons. The summed E-state index contributed by atoms with van der Waals surface area (Å²) in [4.78, 5) is 55.9. The van der Waals surface area contributed by atoms with Crippen molar-refractivity contribution >= 4 is 34.5 Å². The molecule has 0 spiro atoms. The number of nitrogens with zero attached hydrogens (tertiary/aromatic N) is 4. The number of hydrazine groups is 1. The molecule has 16 heteroatoms. The van der Waals surface area contributed by atoms with Crippen LogP contribution in [-0.2, 0) is 44.5 Å². The number of nitrogens with one attached hydrogen (secondary N) is 2. The number of esters is 1. The topological polar surface area (TPSA) is 183 Å². The number of rotatable bonds is 12. The number of carbonyl (C=O) groups excluding carboxylic acids is 3. The number of aliphatic hydroxyl groups excluding tert-OH is 1. The van der Waals surface area contributed by atoms with Crippen LogP contribution in [0.1, 0.15) is 99.5 Å². The van der Waals surface area contributed by atoms with Crippen LogP contribution in [0.2, 0.25) is 0 Å². The number of oxime groups is 1. The Morgan fingerprint density at radius 3 is 2.52 bits per heavy atom. The van der Waals surface area contributed by atoms with Gasteiger partial charge in [0.15, 0.2) is 17.7 Å². The number of aliphatic hydroxyl groups is 1. The highest BCUT2D eigenvalue weighted by atomic mass is 16.7. The van der Waals surface area contributed by atoms with Gasteiger partial charge in [-0.05, 0) is 111 Å². The van der Waals surface area contributed by atoms with Gasteiger partial charge in [-0.2, -0.15) is 0 Å². The van der Waals surface area contributed by atoms with Gasteiger partial charge < -0.3 is 43.8 Å². The molecule has 1 aromatic heterocycles. The first-order valence-corrected chi connectivity index (χ1v) is 23.4. The molecule has 0 radical (unpaired) electrons. The second-order valence-corrected chi connectivity index (χ2v) is 19.2. The summed E-state index contributed by atoms with van der Waals surface area (Å²) >= 11 is 0. The zero-order valence-electron chi connectivity index (χ0n) is 39.9. The number of amides is 1. The molecule has 4 saturated heterocycles.